The number of H-pyrrole nitrogens is 1. The normalized spacial score (nSPS) is 14.9. The molecule has 1 aromatic carbocycles. The Balaban J connectivity index is 1.20. The van der Waals surface area contributed by atoms with Crippen molar-refractivity contribution in [3.05, 3.63) is 60.6 Å². The van der Waals surface area contributed by atoms with Crippen LogP contribution in [0.3, 0.4) is 0 Å². The molecule has 1 unspecified atom stereocenters. The SMILES string of the molecule is COc1ccnc(-c2ccnc(Nc3ccc4[nH]c(C(=O)NCCNC(=O)C5CCCO5)cc4c3)n2)c1. The van der Waals surface area contributed by atoms with Crippen LogP contribution in [0.15, 0.2) is 54.9 Å². The summed E-state index contributed by atoms with van der Waals surface area (Å²) in [5.74, 6) is 0.727. The molecule has 1 fully saturated rings. The molecule has 0 bridgehead atoms. The molecule has 4 aromatic rings. The molecule has 3 aromatic heterocycles. The summed E-state index contributed by atoms with van der Waals surface area (Å²) in [6.07, 6.45) is 4.58. The second kappa shape index (κ2) is 11.0. The minimum absolute atomic E-state index is 0.133. The van der Waals surface area contributed by atoms with Crippen molar-refractivity contribution in [1.29, 1.82) is 0 Å². The van der Waals surface area contributed by atoms with E-state index in [2.05, 4.69) is 35.9 Å². The van der Waals surface area contributed by atoms with E-state index in [1.165, 1.54) is 0 Å². The summed E-state index contributed by atoms with van der Waals surface area (Å²) in [4.78, 5) is 40.9. The lowest BCUT2D eigenvalue weighted by molar-refractivity contribution is -0.129. The molecule has 1 aliphatic rings. The number of fused-ring (bicyclic) bond motifs is 1. The van der Waals surface area contributed by atoms with Crippen LogP contribution in [0.2, 0.25) is 0 Å². The highest BCUT2D eigenvalue weighted by Gasteiger charge is 2.23. The number of aromatic nitrogens is 4. The van der Waals surface area contributed by atoms with Crippen molar-refractivity contribution < 1.29 is 19.1 Å². The third-order valence-electron chi connectivity index (χ3n) is 5.94. The summed E-state index contributed by atoms with van der Waals surface area (Å²) in [5, 5.41) is 9.66. The number of carbonyl (C=O) groups is 2. The van der Waals surface area contributed by atoms with Crippen LogP contribution in [0.1, 0.15) is 23.3 Å². The number of benzene rings is 1. The molecule has 0 spiro atoms. The fourth-order valence-electron chi connectivity index (χ4n) is 4.06. The van der Waals surface area contributed by atoms with E-state index in [1.807, 2.05) is 24.3 Å². The van der Waals surface area contributed by atoms with E-state index >= 15 is 0 Å². The van der Waals surface area contributed by atoms with Crippen molar-refractivity contribution in [2.75, 3.05) is 32.1 Å². The fourth-order valence-corrected chi connectivity index (χ4v) is 4.06. The number of anilines is 2. The maximum absolute atomic E-state index is 12.6. The summed E-state index contributed by atoms with van der Waals surface area (Å²) >= 11 is 0. The van der Waals surface area contributed by atoms with Crippen molar-refractivity contribution in [2.45, 2.75) is 18.9 Å². The zero-order valence-corrected chi connectivity index (χ0v) is 20.3. The van der Waals surface area contributed by atoms with Gasteiger partial charge in [-0.25, -0.2) is 9.97 Å². The van der Waals surface area contributed by atoms with Gasteiger partial charge in [0.2, 0.25) is 11.9 Å². The quantitative estimate of drug-likeness (QED) is 0.256. The van der Waals surface area contributed by atoms with Crippen LogP contribution in [-0.4, -0.2) is 64.7 Å². The number of methoxy groups -OCH3 is 1. The van der Waals surface area contributed by atoms with Crippen molar-refractivity contribution in [3.8, 4) is 17.1 Å². The summed E-state index contributed by atoms with van der Waals surface area (Å²) < 4.78 is 10.6. The van der Waals surface area contributed by atoms with Gasteiger partial charge in [0.25, 0.3) is 5.91 Å². The van der Waals surface area contributed by atoms with Gasteiger partial charge in [-0.15, -0.1) is 0 Å². The van der Waals surface area contributed by atoms with Gasteiger partial charge >= 0.3 is 0 Å². The molecule has 11 nitrogen and oxygen atoms in total. The predicted molar refractivity (Wildman–Crippen MR) is 138 cm³/mol. The van der Waals surface area contributed by atoms with Gasteiger partial charge in [0, 0.05) is 54.7 Å². The van der Waals surface area contributed by atoms with E-state index in [-0.39, 0.29) is 17.9 Å². The highest BCUT2D eigenvalue weighted by molar-refractivity contribution is 5.98. The van der Waals surface area contributed by atoms with Crippen LogP contribution in [0.25, 0.3) is 22.3 Å². The minimum atomic E-state index is -0.376. The molecule has 4 N–H and O–H groups in total. The van der Waals surface area contributed by atoms with Gasteiger partial charge in [-0.3, -0.25) is 14.6 Å². The number of pyridine rings is 1. The number of amides is 2. The van der Waals surface area contributed by atoms with Crippen molar-refractivity contribution in [1.82, 2.24) is 30.6 Å². The number of carbonyl (C=O) groups excluding carboxylic acids is 2. The first-order chi connectivity index (χ1) is 18.1. The van der Waals surface area contributed by atoms with Crippen LogP contribution in [0.5, 0.6) is 5.75 Å². The van der Waals surface area contributed by atoms with E-state index in [0.717, 1.165) is 29.4 Å². The van der Waals surface area contributed by atoms with E-state index in [4.69, 9.17) is 9.47 Å². The Morgan fingerprint density at radius 1 is 1.05 bits per heavy atom. The van der Waals surface area contributed by atoms with E-state index in [1.54, 1.807) is 37.7 Å². The van der Waals surface area contributed by atoms with Crippen LogP contribution in [0, 0.1) is 0 Å². The Hall–Kier alpha value is -4.51. The average molecular weight is 502 g/mol. The molecule has 2 amide bonds. The second-order valence-corrected chi connectivity index (χ2v) is 8.51. The summed E-state index contributed by atoms with van der Waals surface area (Å²) in [5.41, 5.74) is 3.35. The lowest BCUT2D eigenvalue weighted by atomic mass is 10.2. The summed E-state index contributed by atoms with van der Waals surface area (Å²) in [7, 11) is 1.60. The standard InChI is InChI=1S/C26H27N7O4/c1-36-18-6-8-27-21(15-18)20-7-9-30-26(33-20)31-17-4-5-19-16(13-17)14-22(32-19)24(34)28-10-11-29-25(35)23-3-2-12-37-23/h4-9,13-15,23,32H,2-3,10-12H2,1H3,(H,28,34)(H,29,35)(H,30,31,33). The van der Waals surface area contributed by atoms with E-state index in [0.29, 0.717) is 48.5 Å². The number of ether oxygens (including phenoxy) is 2. The van der Waals surface area contributed by atoms with Crippen LogP contribution < -0.4 is 20.7 Å². The van der Waals surface area contributed by atoms with Gasteiger partial charge < -0.3 is 30.4 Å². The molecule has 1 saturated heterocycles. The Morgan fingerprint density at radius 3 is 2.76 bits per heavy atom. The topological polar surface area (TPSA) is 143 Å². The monoisotopic (exact) mass is 501 g/mol. The van der Waals surface area contributed by atoms with Gasteiger partial charge in [0.05, 0.1) is 18.5 Å². The van der Waals surface area contributed by atoms with Crippen molar-refractivity contribution in [2.24, 2.45) is 0 Å². The third kappa shape index (κ3) is 5.84. The molecule has 4 heterocycles. The molecule has 0 saturated carbocycles. The second-order valence-electron chi connectivity index (χ2n) is 8.51. The highest BCUT2D eigenvalue weighted by atomic mass is 16.5. The number of nitrogens with one attached hydrogen (secondary N) is 4. The van der Waals surface area contributed by atoms with Gasteiger partial charge in [-0.05, 0) is 49.2 Å². The first kappa shape index (κ1) is 24.2. The first-order valence-electron chi connectivity index (χ1n) is 12.0. The molecular formula is C26H27N7O4. The third-order valence-corrected chi connectivity index (χ3v) is 5.94. The van der Waals surface area contributed by atoms with Crippen molar-refractivity contribution >= 4 is 34.4 Å². The summed E-state index contributed by atoms with van der Waals surface area (Å²) in [6, 6.07) is 12.8. The maximum Gasteiger partial charge on any atom is 0.267 e. The lowest BCUT2D eigenvalue weighted by Crippen LogP contribution is -2.39. The number of hydrogen-bond acceptors (Lipinski definition) is 8. The molecule has 0 aliphatic carbocycles. The fraction of sp³-hybridized carbons (Fsp3) is 0.269. The number of aromatic amines is 1. The van der Waals surface area contributed by atoms with Gasteiger partial charge in [0.15, 0.2) is 0 Å². The van der Waals surface area contributed by atoms with Gasteiger partial charge in [0.1, 0.15) is 17.5 Å². The van der Waals surface area contributed by atoms with Gasteiger partial charge in [-0.1, -0.05) is 0 Å². The van der Waals surface area contributed by atoms with Crippen LogP contribution >= 0.6 is 0 Å². The van der Waals surface area contributed by atoms with E-state index in [9.17, 15) is 9.59 Å². The van der Waals surface area contributed by atoms with Crippen LogP contribution in [0.4, 0.5) is 11.6 Å². The molecule has 5 rings (SSSR count). The molecule has 1 atom stereocenters. The largest absolute Gasteiger partial charge is 0.497 e. The zero-order valence-electron chi connectivity index (χ0n) is 20.3. The zero-order chi connectivity index (χ0) is 25.6. The Bertz CT molecular complexity index is 1420. The molecule has 37 heavy (non-hydrogen) atoms. The molecular weight excluding hydrogens is 474 g/mol. The van der Waals surface area contributed by atoms with Crippen molar-refractivity contribution in [3.63, 3.8) is 0 Å². The molecule has 190 valence electrons. The molecule has 1 aliphatic heterocycles. The average Bonchev–Trinajstić information content (AvgIpc) is 3.61. The minimum Gasteiger partial charge on any atom is -0.497 e. The smallest absolute Gasteiger partial charge is 0.267 e. The predicted octanol–water partition coefficient (Wildman–Crippen LogP) is 2.80. The highest BCUT2D eigenvalue weighted by Crippen LogP contribution is 2.24. The van der Waals surface area contributed by atoms with Gasteiger partial charge in [-0.2, -0.15) is 0 Å². The van der Waals surface area contributed by atoms with Crippen LogP contribution in [-0.2, 0) is 9.53 Å². The maximum atomic E-state index is 12.6. The summed E-state index contributed by atoms with van der Waals surface area (Å²) in [6.45, 7) is 1.27. The van der Waals surface area contributed by atoms with E-state index < -0.39 is 0 Å². The number of hydrogen-bond donors (Lipinski definition) is 4. The number of rotatable bonds is 9. The molecule has 11 heteroatoms. The Morgan fingerprint density at radius 2 is 1.92 bits per heavy atom. The first-order valence-corrected chi connectivity index (χ1v) is 12.0. The Kier molecular flexibility index (Phi) is 7.22. The number of nitrogens with zero attached hydrogens (tertiary/aromatic N) is 3. The lowest BCUT2D eigenvalue weighted by Gasteiger charge is -2.10. The Labute approximate surface area is 213 Å². The molecule has 0 radical (unpaired) electrons.